The first-order chi connectivity index (χ1) is 15.2. The average molecular weight is 404 g/mol. The van der Waals surface area contributed by atoms with E-state index in [9.17, 15) is 0 Å². The largest absolute Gasteiger partial charge is 0.311 e. The summed E-state index contributed by atoms with van der Waals surface area (Å²) in [7, 11) is 0. The van der Waals surface area contributed by atoms with Crippen LogP contribution in [-0.2, 0) is 0 Å². The summed E-state index contributed by atoms with van der Waals surface area (Å²) in [4.78, 5) is 2.28. The molecule has 0 aliphatic carbocycles. The fraction of sp³-hybridized carbons (Fsp3) is 0.133. The van der Waals surface area contributed by atoms with Crippen molar-refractivity contribution < 1.29 is 0 Å². The second-order valence-corrected chi connectivity index (χ2v) is 7.91. The molecule has 4 aromatic carbocycles. The van der Waals surface area contributed by atoms with Crippen LogP contribution in [0.25, 0.3) is 12.2 Å². The van der Waals surface area contributed by atoms with E-state index in [2.05, 4.69) is 140 Å². The Bertz CT molecular complexity index is 1070. The number of rotatable bonds is 7. The maximum absolute atomic E-state index is 2.30. The molecule has 0 aliphatic heterocycles. The van der Waals surface area contributed by atoms with Gasteiger partial charge in [-0.25, -0.2) is 0 Å². The lowest BCUT2D eigenvalue weighted by molar-refractivity contribution is 0.733. The Balaban J connectivity index is 1.59. The second-order valence-electron chi connectivity index (χ2n) is 7.91. The number of benzene rings is 4. The van der Waals surface area contributed by atoms with E-state index in [1.54, 1.807) is 0 Å². The number of anilines is 3. The van der Waals surface area contributed by atoms with E-state index in [1.165, 1.54) is 16.7 Å². The molecule has 0 N–H and O–H groups in total. The Morgan fingerprint density at radius 3 is 1.74 bits per heavy atom. The molecule has 4 rings (SSSR count). The van der Waals surface area contributed by atoms with Crippen molar-refractivity contribution in [3.05, 3.63) is 126 Å². The Morgan fingerprint density at radius 2 is 1.16 bits per heavy atom. The zero-order chi connectivity index (χ0) is 21.5. The summed E-state index contributed by atoms with van der Waals surface area (Å²) >= 11 is 0. The van der Waals surface area contributed by atoms with Gasteiger partial charge >= 0.3 is 0 Å². The van der Waals surface area contributed by atoms with Gasteiger partial charge < -0.3 is 4.90 Å². The highest BCUT2D eigenvalue weighted by Crippen LogP contribution is 2.34. The fourth-order valence-electron chi connectivity index (χ4n) is 3.73. The van der Waals surface area contributed by atoms with Gasteiger partial charge in [0, 0.05) is 17.1 Å². The molecule has 0 heterocycles. The van der Waals surface area contributed by atoms with Gasteiger partial charge in [-0.2, -0.15) is 0 Å². The van der Waals surface area contributed by atoms with E-state index in [1.807, 2.05) is 0 Å². The number of hydrogen-bond acceptors (Lipinski definition) is 1. The van der Waals surface area contributed by atoms with E-state index < -0.39 is 0 Å². The maximum atomic E-state index is 2.30. The molecule has 1 unspecified atom stereocenters. The van der Waals surface area contributed by atoms with Gasteiger partial charge in [0.2, 0.25) is 0 Å². The highest BCUT2D eigenvalue weighted by molar-refractivity contribution is 5.78. The van der Waals surface area contributed by atoms with Crippen LogP contribution in [-0.4, -0.2) is 0 Å². The Kier molecular flexibility index (Phi) is 6.64. The molecular weight excluding hydrogens is 374 g/mol. The molecule has 0 amide bonds. The molecule has 31 heavy (non-hydrogen) atoms. The van der Waals surface area contributed by atoms with E-state index in [4.69, 9.17) is 0 Å². The van der Waals surface area contributed by atoms with Crippen LogP contribution in [0.4, 0.5) is 17.1 Å². The molecule has 0 aliphatic rings. The smallest absolute Gasteiger partial charge is 0.0462 e. The summed E-state index contributed by atoms with van der Waals surface area (Å²) in [5, 5.41) is 0. The normalized spacial score (nSPS) is 12.1. The van der Waals surface area contributed by atoms with Crippen molar-refractivity contribution in [1.82, 2.24) is 0 Å². The van der Waals surface area contributed by atoms with Crippen LogP contribution >= 0.6 is 0 Å². The quantitative estimate of drug-likeness (QED) is 0.279. The van der Waals surface area contributed by atoms with Gasteiger partial charge in [0.05, 0.1) is 0 Å². The topological polar surface area (TPSA) is 3.24 Å². The molecule has 0 aromatic heterocycles. The fourth-order valence-corrected chi connectivity index (χ4v) is 3.73. The zero-order valence-corrected chi connectivity index (χ0v) is 18.3. The highest BCUT2D eigenvalue weighted by Gasteiger charge is 2.11. The van der Waals surface area contributed by atoms with Gasteiger partial charge in [0.25, 0.3) is 0 Å². The molecular formula is C30H29N. The van der Waals surface area contributed by atoms with E-state index in [0.29, 0.717) is 5.92 Å². The molecule has 0 saturated heterocycles. The monoisotopic (exact) mass is 403 g/mol. The third kappa shape index (κ3) is 5.13. The summed E-state index contributed by atoms with van der Waals surface area (Å²) in [6, 6.07) is 38.6. The predicted octanol–water partition coefficient (Wildman–Crippen LogP) is 8.84. The Hall–Kier alpha value is -3.58. The molecule has 0 spiro atoms. The molecule has 154 valence electrons. The molecule has 4 aromatic rings. The average Bonchev–Trinajstić information content (AvgIpc) is 2.85. The van der Waals surface area contributed by atoms with Crippen molar-refractivity contribution in [2.24, 2.45) is 0 Å². The minimum Gasteiger partial charge on any atom is -0.311 e. The molecule has 1 heteroatoms. The second kappa shape index (κ2) is 9.95. The van der Waals surface area contributed by atoms with Gasteiger partial charge in [-0.1, -0.05) is 98.8 Å². The third-order valence-corrected chi connectivity index (χ3v) is 5.74. The van der Waals surface area contributed by atoms with Crippen LogP contribution in [0.5, 0.6) is 0 Å². The van der Waals surface area contributed by atoms with Crippen LogP contribution in [0, 0.1) is 0 Å². The van der Waals surface area contributed by atoms with Gasteiger partial charge in [-0.3, -0.25) is 0 Å². The SMILES string of the molecule is CCC(C)c1cccc(C=Cc2ccc(N(c3ccccc3)c3ccccc3)cc2)c1. The summed E-state index contributed by atoms with van der Waals surface area (Å²) in [5.41, 5.74) is 7.29. The lowest BCUT2D eigenvalue weighted by Gasteiger charge is -2.25. The third-order valence-electron chi connectivity index (χ3n) is 5.74. The zero-order valence-electron chi connectivity index (χ0n) is 18.3. The van der Waals surface area contributed by atoms with Crippen molar-refractivity contribution >= 4 is 29.2 Å². The lowest BCUT2D eigenvalue weighted by Crippen LogP contribution is -2.09. The van der Waals surface area contributed by atoms with E-state index in [-0.39, 0.29) is 0 Å². The van der Waals surface area contributed by atoms with E-state index >= 15 is 0 Å². The van der Waals surface area contributed by atoms with Crippen molar-refractivity contribution in [3.8, 4) is 0 Å². The van der Waals surface area contributed by atoms with Gasteiger partial charge in [-0.05, 0) is 65.4 Å². The standard InChI is InChI=1S/C30H29N/c1-3-24(2)27-12-10-11-26(23-27)18-17-25-19-21-30(22-20-25)31(28-13-6-4-7-14-28)29-15-8-5-9-16-29/h4-24H,3H2,1-2H3. The van der Waals surface area contributed by atoms with Gasteiger partial charge in [0.1, 0.15) is 0 Å². The molecule has 0 radical (unpaired) electrons. The summed E-state index contributed by atoms with van der Waals surface area (Å²) < 4.78 is 0. The van der Waals surface area contributed by atoms with Crippen LogP contribution in [0.3, 0.4) is 0 Å². The van der Waals surface area contributed by atoms with Crippen molar-refractivity contribution in [2.75, 3.05) is 4.90 Å². The van der Waals surface area contributed by atoms with Crippen molar-refractivity contribution in [3.63, 3.8) is 0 Å². The highest BCUT2D eigenvalue weighted by atomic mass is 15.1. The summed E-state index contributed by atoms with van der Waals surface area (Å²) in [6.07, 6.45) is 5.55. The lowest BCUT2D eigenvalue weighted by atomic mass is 9.97. The molecule has 1 atom stereocenters. The summed E-state index contributed by atoms with van der Waals surface area (Å²) in [5.74, 6) is 0.592. The Morgan fingerprint density at radius 1 is 0.613 bits per heavy atom. The molecule has 1 nitrogen and oxygen atoms in total. The molecule has 0 saturated carbocycles. The number of para-hydroxylation sites is 2. The minimum atomic E-state index is 0.592. The molecule has 0 fully saturated rings. The van der Waals surface area contributed by atoms with Crippen LogP contribution in [0.1, 0.15) is 42.9 Å². The van der Waals surface area contributed by atoms with Crippen LogP contribution in [0.2, 0.25) is 0 Å². The first kappa shape index (κ1) is 20.7. The van der Waals surface area contributed by atoms with Crippen LogP contribution in [0.15, 0.2) is 109 Å². The summed E-state index contributed by atoms with van der Waals surface area (Å²) in [6.45, 7) is 4.52. The predicted molar refractivity (Wildman–Crippen MR) is 135 cm³/mol. The van der Waals surface area contributed by atoms with Gasteiger partial charge in [-0.15, -0.1) is 0 Å². The molecule has 0 bridgehead atoms. The van der Waals surface area contributed by atoms with E-state index in [0.717, 1.165) is 23.5 Å². The first-order valence-corrected chi connectivity index (χ1v) is 11.0. The van der Waals surface area contributed by atoms with Crippen molar-refractivity contribution in [1.29, 1.82) is 0 Å². The maximum Gasteiger partial charge on any atom is 0.0462 e. The minimum absolute atomic E-state index is 0.592. The van der Waals surface area contributed by atoms with Gasteiger partial charge in [0.15, 0.2) is 0 Å². The number of nitrogens with zero attached hydrogens (tertiary/aromatic N) is 1. The van der Waals surface area contributed by atoms with Crippen molar-refractivity contribution in [2.45, 2.75) is 26.2 Å². The Labute approximate surface area is 186 Å². The first-order valence-electron chi connectivity index (χ1n) is 11.0. The van der Waals surface area contributed by atoms with Crippen LogP contribution < -0.4 is 4.90 Å². The number of hydrogen-bond donors (Lipinski definition) is 0.